The number of hydrogen-bond acceptors (Lipinski definition) is 3. The molecular formula is C23H26FN3O. The Labute approximate surface area is 165 Å². The van der Waals surface area contributed by atoms with Crippen LogP contribution in [0, 0.1) is 12.7 Å². The Morgan fingerprint density at radius 1 is 1.11 bits per heavy atom. The van der Waals surface area contributed by atoms with Crippen LogP contribution in [-0.2, 0) is 11.3 Å². The Morgan fingerprint density at radius 3 is 2.57 bits per heavy atom. The summed E-state index contributed by atoms with van der Waals surface area (Å²) in [6.45, 7) is 4.86. The van der Waals surface area contributed by atoms with Crippen molar-refractivity contribution in [2.24, 2.45) is 0 Å². The molecule has 1 aromatic heterocycles. The summed E-state index contributed by atoms with van der Waals surface area (Å²) >= 11 is 0. The van der Waals surface area contributed by atoms with E-state index >= 15 is 0 Å². The molecule has 0 aliphatic carbocycles. The lowest BCUT2D eigenvalue weighted by molar-refractivity contribution is 0.0286. The molecule has 0 radical (unpaired) electrons. The molecule has 1 aliphatic heterocycles. The molecule has 2 heterocycles. The molecule has 1 atom stereocenters. The molecule has 1 fully saturated rings. The summed E-state index contributed by atoms with van der Waals surface area (Å²) in [5.74, 6) is -0.234. The number of ether oxygens (including phenoxy) is 1. The normalized spacial score (nSPS) is 17.8. The largest absolute Gasteiger partial charge is 0.380 e. The molecule has 0 saturated carbocycles. The molecule has 146 valence electrons. The van der Waals surface area contributed by atoms with Gasteiger partial charge in [-0.3, -0.25) is 4.90 Å². The molecule has 4 rings (SSSR count). The maximum absolute atomic E-state index is 13.4. The van der Waals surface area contributed by atoms with Crippen molar-refractivity contribution in [2.75, 3.05) is 20.2 Å². The van der Waals surface area contributed by atoms with Gasteiger partial charge in [0.25, 0.3) is 0 Å². The Kier molecular flexibility index (Phi) is 5.55. The van der Waals surface area contributed by atoms with Crippen molar-refractivity contribution in [3.8, 4) is 16.9 Å². The topological polar surface area (TPSA) is 30.3 Å². The molecule has 5 heteroatoms. The fourth-order valence-electron chi connectivity index (χ4n) is 3.80. The molecule has 1 aliphatic rings. The average molecular weight is 379 g/mol. The van der Waals surface area contributed by atoms with E-state index in [4.69, 9.17) is 9.84 Å². The number of aryl methyl sites for hydroxylation is 1. The van der Waals surface area contributed by atoms with E-state index in [-0.39, 0.29) is 11.9 Å². The standard InChI is InChI=1S/C23H26FN3O/c1-17-5-11-21(12-6-17)27-15-19(14-26-13-3-4-22(16-26)28-2)23(25-27)18-7-9-20(24)10-8-18/h5-12,15,22H,3-4,13-14,16H2,1-2H3/t22-/m0/s1. The van der Waals surface area contributed by atoms with Crippen LogP contribution in [0.4, 0.5) is 4.39 Å². The molecule has 1 saturated heterocycles. The van der Waals surface area contributed by atoms with Crippen LogP contribution in [-0.4, -0.2) is 41.0 Å². The molecular weight excluding hydrogens is 353 g/mol. The SMILES string of the molecule is CO[C@H]1CCCN(Cc2cn(-c3ccc(C)cc3)nc2-c2ccc(F)cc2)C1. The Morgan fingerprint density at radius 2 is 1.86 bits per heavy atom. The van der Waals surface area contributed by atoms with Gasteiger partial charge in [0.1, 0.15) is 5.82 Å². The van der Waals surface area contributed by atoms with E-state index in [9.17, 15) is 4.39 Å². The summed E-state index contributed by atoms with van der Waals surface area (Å²) in [6.07, 6.45) is 4.63. The van der Waals surface area contributed by atoms with Crippen molar-refractivity contribution < 1.29 is 9.13 Å². The van der Waals surface area contributed by atoms with Crippen molar-refractivity contribution in [3.63, 3.8) is 0 Å². The molecule has 2 aromatic carbocycles. The number of benzene rings is 2. The Hall–Kier alpha value is -2.50. The second-order valence-electron chi connectivity index (χ2n) is 7.53. The van der Waals surface area contributed by atoms with Gasteiger partial charge in [-0.1, -0.05) is 17.7 Å². The van der Waals surface area contributed by atoms with Gasteiger partial charge in [0.05, 0.1) is 17.5 Å². The fourth-order valence-corrected chi connectivity index (χ4v) is 3.80. The summed E-state index contributed by atoms with van der Waals surface area (Å²) in [5, 5.41) is 4.85. The quantitative estimate of drug-likeness (QED) is 0.649. The summed E-state index contributed by atoms with van der Waals surface area (Å²) < 4.78 is 20.9. The summed E-state index contributed by atoms with van der Waals surface area (Å²) in [4.78, 5) is 2.42. The monoisotopic (exact) mass is 379 g/mol. The third kappa shape index (κ3) is 4.16. The van der Waals surface area contributed by atoms with Crippen molar-refractivity contribution in [1.82, 2.24) is 14.7 Å². The smallest absolute Gasteiger partial charge is 0.123 e. The van der Waals surface area contributed by atoms with Crippen molar-refractivity contribution >= 4 is 0 Å². The van der Waals surface area contributed by atoms with Crippen LogP contribution in [0.1, 0.15) is 24.0 Å². The lowest BCUT2D eigenvalue weighted by Crippen LogP contribution is -2.38. The van der Waals surface area contributed by atoms with Gasteiger partial charge in [-0.25, -0.2) is 9.07 Å². The minimum absolute atomic E-state index is 0.234. The number of piperidine rings is 1. The molecule has 0 bridgehead atoms. The average Bonchev–Trinajstić information content (AvgIpc) is 3.13. The van der Waals surface area contributed by atoms with Gasteiger partial charge >= 0.3 is 0 Å². The molecule has 0 spiro atoms. The van der Waals surface area contributed by atoms with E-state index in [1.54, 1.807) is 19.2 Å². The number of likely N-dealkylation sites (tertiary alicyclic amines) is 1. The van der Waals surface area contributed by atoms with Gasteiger partial charge in [-0.2, -0.15) is 5.10 Å². The van der Waals surface area contributed by atoms with Crippen LogP contribution in [0.2, 0.25) is 0 Å². The summed E-state index contributed by atoms with van der Waals surface area (Å²) in [7, 11) is 1.79. The zero-order valence-electron chi connectivity index (χ0n) is 16.4. The first-order valence-corrected chi connectivity index (χ1v) is 9.79. The van der Waals surface area contributed by atoms with Crippen molar-refractivity contribution in [2.45, 2.75) is 32.4 Å². The van der Waals surface area contributed by atoms with Gasteiger partial charge in [-0.15, -0.1) is 0 Å². The van der Waals surface area contributed by atoms with Gasteiger partial charge in [0.2, 0.25) is 0 Å². The van der Waals surface area contributed by atoms with Crippen LogP contribution < -0.4 is 0 Å². The van der Waals surface area contributed by atoms with E-state index in [2.05, 4.69) is 42.3 Å². The number of nitrogens with zero attached hydrogens (tertiary/aromatic N) is 3. The number of rotatable bonds is 5. The summed E-state index contributed by atoms with van der Waals surface area (Å²) in [6, 6.07) is 14.9. The van der Waals surface area contributed by atoms with Crippen molar-refractivity contribution in [1.29, 1.82) is 0 Å². The fraction of sp³-hybridized carbons (Fsp3) is 0.348. The third-order valence-corrected chi connectivity index (χ3v) is 5.40. The van der Waals surface area contributed by atoms with Crippen LogP contribution in [0.3, 0.4) is 0 Å². The Bertz CT molecular complexity index is 918. The van der Waals surface area contributed by atoms with Crippen LogP contribution in [0.5, 0.6) is 0 Å². The molecule has 0 unspecified atom stereocenters. The summed E-state index contributed by atoms with van der Waals surface area (Å²) in [5.41, 5.74) is 5.22. The molecule has 0 amide bonds. The van der Waals surface area contributed by atoms with E-state index in [1.807, 2.05) is 4.68 Å². The van der Waals surface area contributed by atoms with E-state index in [0.29, 0.717) is 0 Å². The molecule has 0 N–H and O–H groups in total. The Balaban J connectivity index is 1.68. The highest BCUT2D eigenvalue weighted by atomic mass is 19.1. The second kappa shape index (κ2) is 8.25. The first-order chi connectivity index (χ1) is 13.6. The second-order valence-corrected chi connectivity index (χ2v) is 7.53. The van der Waals surface area contributed by atoms with E-state index in [1.165, 1.54) is 17.7 Å². The van der Waals surface area contributed by atoms with Crippen LogP contribution in [0.15, 0.2) is 54.7 Å². The van der Waals surface area contributed by atoms with E-state index < -0.39 is 0 Å². The van der Waals surface area contributed by atoms with Gasteiger partial charge < -0.3 is 4.74 Å². The highest BCUT2D eigenvalue weighted by Gasteiger charge is 2.22. The van der Waals surface area contributed by atoms with Gasteiger partial charge in [-0.05, 0) is 62.7 Å². The number of methoxy groups -OCH3 is 1. The number of aromatic nitrogens is 2. The maximum atomic E-state index is 13.4. The minimum atomic E-state index is -0.234. The van der Waals surface area contributed by atoms with Crippen molar-refractivity contribution in [3.05, 3.63) is 71.7 Å². The van der Waals surface area contributed by atoms with Gasteiger partial charge in [0.15, 0.2) is 0 Å². The van der Waals surface area contributed by atoms with Crippen LogP contribution in [0.25, 0.3) is 16.9 Å². The van der Waals surface area contributed by atoms with Crippen LogP contribution >= 0.6 is 0 Å². The minimum Gasteiger partial charge on any atom is -0.380 e. The van der Waals surface area contributed by atoms with Gasteiger partial charge in [0, 0.05) is 37.5 Å². The zero-order valence-corrected chi connectivity index (χ0v) is 16.4. The number of halogens is 1. The first-order valence-electron chi connectivity index (χ1n) is 9.79. The maximum Gasteiger partial charge on any atom is 0.123 e. The predicted octanol–water partition coefficient (Wildman–Crippen LogP) is 4.60. The molecule has 3 aromatic rings. The lowest BCUT2D eigenvalue weighted by atomic mass is 10.0. The molecule has 28 heavy (non-hydrogen) atoms. The third-order valence-electron chi connectivity index (χ3n) is 5.40. The highest BCUT2D eigenvalue weighted by molar-refractivity contribution is 5.63. The lowest BCUT2D eigenvalue weighted by Gasteiger charge is -2.31. The first kappa shape index (κ1) is 18.8. The highest BCUT2D eigenvalue weighted by Crippen LogP contribution is 2.26. The molecule has 4 nitrogen and oxygen atoms in total. The predicted molar refractivity (Wildman–Crippen MR) is 109 cm³/mol. The number of hydrogen-bond donors (Lipinski definition) is 0. The van der Waals surface area contributed by atoms with E-state index in [0.717, 1.165) is 55.0 Å². The zero-order chi connectivity index (χ0) is 19.5.